The number of rotatable bonds is 13. The largest absolute Gasteiger partial charge is 0.352 e. The number of anilines is 1. The van der Waals surface area contributed by atoms with Gasteiger partial charge in [-0.25, -0.2) is 8.42 Å². The number of halogens is 2. The van der Waals surface area contributed by atoms with E-state index < -0.39 is 28.5 Å². The summed E-state index contributed by atoms with van der Waals surface area (Å²) >= 11 is 9.96. The molecule has 0 aliphatic carbocycles. The number of sulfonamides is 1. The third kappa shape index (κ3) is 8.96. The number of nitrogens with zero attached hydrogens (tertiary/aromatic N) is 2. The number of hydrogen-bond acceptors (Lipinski definition) is 4. The molecule has 2 atom stereocenters. The highest BCUT2D eigenvalue weighted by Crippen LogP contribution is 2.27. The van der Waals surface area contributed by atoms with Gasteiger partial charge in [-0.15, -0.1) is 0 Å². The van der Waals surface area contributed by atoms with Crippen LogP contribution in [0, 0.1) is 6.92 Å². The Bertz CT molecular complexity index is 1700. The lowest BCUT2D eigenvalue weighted by atomic mass is 10.0. The average Bonchev–Trinajstić information content (AvgIpc) is 3.03. The summed E-state index contributed by atoms with van der Waals surface area (Å²) in [4.78, 5) is 29.9. The molecule has 7 nitrogen and oxygen atoms in total. The first-order chi connectivity index (χ1) is 21.5. The average molecular weight is 711 g/mol. The van der Waals surface area contributed by atoms with Gasteiger partial charge in [0, 0.05) is 28.5 Å². The zero-order valence-electron chi connectivity index (χ0n) is 25.5. The Morgan fingerprint density at radius 3 is 2.13 bits per heavy atom. The topological polar surface area (TPSA) is 86.8 Å². The molecule has 45 heavy (non-hydrogen) atoms. The van der Waals surface area contributed by atoms with E-state index in [2.05, 4.69) is 21.2 Å². The molecular formula is C35H37BrClN3O4S. The first-order valence-electron chi connectivity index (χ1n) is 14.7. The number of carbonyl (C=O) groups is 2. The summed E-state index contributed by atoms with van der Waals surface area (Å²) in [7, 11) is -4.18. The minimum Gasteiger partial charge on any atom is -0.352 e. The highest BCUT2D eigenvalue weighted by atomic mass is 79.9. The van der Waals surface area contributed by atoms with Crippen LogP contribution in [0.25, 0.3) is 0 Å². The van der Waals surface area contributed by atoms with Crippen LogP contribution in [0.5, 0.6) is 0 Å². The summed E-state index contributed by atoms with van der Waals surface area (Å²) in [6.07, 6.45) is 0.927. The minimum atomic E-state index is -4.18. The van der Waals surface area contributed by atoms with Gasteiger partial charge in [0.1, 0.15) is 12.6 Å². The van der Waals surface area contributed by atoms with Gasteiger partial charge in [-0.2, -0.15) is 0 Å². The number of aryl methyl sites for hydroxylation is 1. The van der Waals surface area contributed by atoms with Gasteiger partial charge in [0.2, 0.25) is 11.8 Å². The second-order valence-corrected chi connectivity index (χ2v) is 14.1. The number of carbonyl (C=O) groups excluding carboxylic acids is 2. The van der Waals surface area contributed by atoms with Gasteiger partial charge in [0.15, 0.2) is 0 Å². The molecule has 0 aliphatic rings. The highest BCUT2D eigenvalue weighted by Gasteiger charge is 2.35. The first-order valence-corrected chi connectivity index (χ1v) is 17.3. The van der Waals surface area contributed by atoms with Crippen LogP contribution >= 0.6 is 27.5 Å². The maximum absolute atomic E-state index is 14.5. The lowest BCUT2D eigenvalue weighted by Crippen LogP contribution is -2.54. The van der Waals surface area contributed by atoms with Crippen molar-refractivity contribution in [3.63, 3.8) is 0 Å². The Morgan fingerprint density at radius 2 is 1.51 bits per heavy atom. The second-order valence-electron chi connectivity index (χ2n) is 10.9. The van der Waals surface area contributed by atoms with E-state index in [1.54, 1.807) is 54.6 Å². The third-order valence-electron chi connectivity index (χ3n) is 7.57. The summed E-state index contributed by atoms with van der Waals surface area (Å²) < 4.78 is 30.1. The predicted octanol–water partition coefficient (Wildman–Crippen LogP) is 7.16. The lowest BCUT2D eigenvalue weighted by molar-refractivity contribution is -0.140. The second kappa shape index (κ2) is 15.6. The molecule has 0 saturated carbocycles. The number of nitrogens with one attached hydrogen (secondary N) is 1. The zero-order valence-corrected chi connectivity index (χ0v) is 28.6. The van der Waals surface area contributed by atoms with Crippen LogP contribution < -0.4 is 9.62 Å². The number of hydrogen-bond donors (Lipinski definition) is 1. The number of benzene rings is 4. The molecule has 0 bridgehead atoms. The summed E-state index contributed by atoms with van der Waals surface area (Å²) in [5.41, 5.74) is 2.71. The summed E-state index contributed by atoms with van der Waals surface area (Å²) in [6, 6.07) is 28.7. The molecule has 0 aliphatic heterocycles. The Morgan fingerprint density at radius 1 is 0.889 bits per heavy atom. The Labute approximate surface area is 279 Å². The van der Waals surface area contributed by atoms with Crippen molar-refractivity contribution in [2.24, 2.45) is 0 Å². The number of amides is 2. The molecule has 0 fully saturated rings. The lowest BCUT2D eigenvalue weighted by Gasteiger charge is -2.34. The van der Waals surface area contributed by atoms with E-state index in [1.807, 2.05) is 57.2 Å². The Balaban J connectivity index is 1.81. The van der Waals surface area contributed by atoms with Crippen molar-refractivity contribution < 1.29 is 18.0 Å². The third-order valence-corrected chi connectivity index (χ3v) is 10.3. The van der Waals surface area contributed by atoms with E-state index in [-0.39, 0.29) is 29.8 Å². The molecule has 0 heterocycles. The molecule has 0 saturated heterocycles. The van der Waals surface area contributed by atoms with Crippen LogP contribution in [-0.2, 0) is 32.6 Å². The minimum absolute atomic E-state index is 0.00267. The predicted molar refractivity (Wildman–Crippen MR) is 184 cm³/mol. The highest BCUT2D eigenvalue weighted by molar-refractivity contribution is 9.10. The first kappa shape index (κ1) is 34.2. The van der Waals surface area contributed by atoms with E-state index in [4.69, 9.17) is 11.6 Å². The Hall–Kier alpha value is -3.66. The van der Waals surface area contributed by atoms with Crippen LogP contribution in [0.4, 0.5) is 5.69 Å². The fourth-order valence-corrected chi connectivity index (χ4v) is 6.65. The van der Waals surface area contributed by atoms with Crippen molar-refractivity contribution in [1.29, 1.82) is 0 Å². The van der Waals surface area contributed by atoms with Gasteiger partial charge < -0.3 is 10.2 Å². The van der Waals surface area contributed by atoms with Crippen molar-refractivity contribution in [2.45, 2.75) is 57.1 Å². The molecule has 4 rings (SSSR count). The standard InChI is InChI=1S/C35H37BrClN3O4S/c1-4-26(3)38-35(42)33(22-27-10-6-5-7-11-27)39(23-28-12-8-9-13-32(28)37)34(41)24-40(30-18-16-29(36)17-19-30)45(43,44)31-20-14-25(2)15-21-31/h5-21,26,33H,4,22-24H2,1-3H3,(H,38,42)/t26-,33+/m1/s1. The van der Waals surface area contributed by atoms with Crippen molar-refractivity contribution in [1.82, 2.24) is 10.2 Å². The molecule has 0 aromatic heterocycles. The van der Waals surface area contributed by atoms with E-state index in [0.29, 0.717) is 22.7 Å². The monoisotopic (exact) mass is 709 g/mol. The fourth-order valence-electron chi connectivity index (χ4n) is 4.78. The molecule has 2 amide bonds. The molecule has 0 spiro atoms. The molecule has 0 radical (unpaired) electrons. The van der Waals surface area contributed by atoms with E-state index >= 15 is 0 Å². The molecular weight excluding hydrogens is 674 g/mol. The summed E-state index contributed by atoms with van der Waals surface area (Å²) in [5.74, 6) is -0.876. The molecule has 1 N–H and O–H groups in total. The van der Waals surface area contributed by atoms with Gasteiger partial charge in [-0.05, 0) is 73.9 Å². The van der Waals surface area contributed by atoms with Crippen LogP contribution in [0.3, 0.4) is 0 Å². The quantitative estimate of drug-likeness (QED) is 0.160. The maximum Gasteiger partial charge on any atom is 0.264 e. The van der Waals surface area contributed by atoms with E-state index in [9.17, 15) is 18.0 Å². The van der Waals surface area contributed by atoms with Crippen LogP contribution in [0.2, 0.25) is 5.02 Å². The van der Waals surface area contributed by atoms with Gasteiger partial charge in [0.25, 0.3) is 10.0 Å². The van der Waals surface area contributed by atoms with E-state index in [0.717, 1.165) is 19.9 Å². The van der Waals surface area contributed by atoms with Gasteiger partial charge in [-0.3, -0.25) is 13.9 Å². The van der Waals surface area contributed by atoms with Crippen LogP contribution in [0.15, 0.2) is 112 Å². The van der Waals surface area contributed by atoms with Crippen LogP contribution in [-0.4, -0.2) is 43.8 Å². The molecule has 236 valence electrons. The van der Waals surface area contributed by atoms with Gasteiger partial charge in [-0.1, -0.05) is 101 Å². The normalized spacial score (nSPS) is 12.6. The SMILES string of the molecule is CC[C@@H](C)NC(=O)[C@H](Cc1ccccc1)N(Cc1ccccc1Cl)C(=O)CN(c1ccc(Br)cc1)S(=O)(=O)c1ccc(C)cc1. The molecule has 10 heteroatoms. The van der Waals surface area contributed by atoms with Crippen molar-refractivity contribution in [3.05, 3.63) is 129 Å². The van der Waals surface area contributed by atoms with Gasteiger partial charge >= 0.3 is 0 Å². The molecule has 0 unspecified atom stereocenters. The zero-order chi connectivity index (χ0) is 32.6. The maximum atomic E-state index is 14.5. The van der Waals surface area contributed by atoms with Crippen molar-refractivity contribution in [3.8, 4) is 0 Å². The van der Waals surface area contributed by atoms with Crippen molar-refractivity contribution >= 4 is 55.1 Å². The van der Waals surface area contributed by atoms with Crippen molar-refractivity contribution in [2.75, 3.05) is 10.8 Å². The Kier molecular flexibility index (Phi) is 11.8. The molecule has 4 aromatic carbocycles. The van der Waals surface area contributed by atoms with E-state index in [1.165, 1.54) is 17.0 Å². The summed E-state index contributed by atoms with van der Waals surface area (Å²) in [5, 5.41) is 3.47. The summed E-state index contributed by atoms with van der Waals surface area (Å²) in [6.45, 7) is 5.21. The van der Waals surface area contributed by atoms with Crippen LogP contribution in [0.1, 0.15) is 37.0 Å². The fraction of sp³-hybridized carbons (Fsp3) is 0.257. The molecule has 4 aromatic rings. The smallest absolute Gasteiger partial charge is 0.264 e. The van der Waals surface area contributed by atoms with Gasteiger partial charge in [0.05, 0.1) is 10.6 Å².